The third-order valence-electron chi connectivity index (χ3n) is 10.4. The minimum Gasteiger partial charge on any atom is -0.388 e. The zero-order valence-electron chi connectivity index (χ0n) is 28.8. The van der Waals surface area contributed by atoms with Gasteiger partial charge in [0.15, 0.2) is 11.5 Å². The zero-order valence-corrected chi connectivity index (χ0v) is 29.6. The molecule has 5 aromatic heterocycles. The Morgan fingerprint density at radius 3 is 2.55 bits per heavy atom. The second-order valence-corrected chi connectivity index (χ2v) is 15.1. The van der Waals surface area contributed by atoms with E-state index in [1.165, 1.54) is 21.3 Å². The number of imidazole rings is 1. The van der Waals surface area contributed by atoms with E-state index in [1.54, 1.807) is 34.5 Å². The van der Waals surface area contributed by atoms with Crippen LogP contribution in [-0.2, 0) is 24.9 Å². The summed E-state index contributed by atoms with van der Waals surface area (Å²) in [5.41, 5.74) is 2.38. The maximum atomic E-state index is 14.2. The summed E-state index contributed by atoms with van der Waals surface area (Å²) in [4.78, 5) is 51.3. The molecule has 1 N–H and O–H groups in total. The smallest absolute Gasteiger partial charge is 0.262 e. The van der Waals surface area contributed by atoms with Crippen LogP contribution < -0.4 is 5.56 Å². The van der Waals surface area contributed by atoms with Gasteiger partial charge in [-0.15, -0.1) is 11.3 Å². The van der Waals surface area contributed by atoms with E-state index < -0.39 is 5.60 Å². The number of fused-ring (bicyclic) bond motifs is 1. The fourth-order valence-corrected chi connectivity index (χ4v) is 8.50. The summed E-state index contributed by atoms with van der Waals surface area (Å²) in [5, 5.41) is 13.1. The predicted octanol–water partition coefficient (Wildman–Crippen LogP) is 4.41. The molecule has 0 bridgehead atoms. The van der Waals surface area contributed by atoms with Crippen LogP contribution in [0.4, 0.5) is 0 Å². The standard InChI is InChI=1S/C38H41N9O3S/c1-26-8-9-28(18-39-26)35-40-19-29(51-35)20-44-14-10-30(32(21-44)27-6-4-3-5-7-27)36(48)45-16-12-38(50,13-17-45)23-46-25-42-34-31(37(46)49)11-15-47(34)33-22-43(2)24-41-33/h3-9,11,15,18-19,22,24-25,30,32,50H,10,12-14,16-17,20-21,23H2,1-2H3/t30-,32+/m1/s1. The van der Waals surface area contributed by atoms with Crippen molar-refractivity contribution in [2.75, 3.05) is 26.2 Å². The molecule has 0 spiro atoms. The summed E-state index contributed by atoms with van der Waals surface area (Å²) in [7, 11) is 1.89. The van der Waals surface area contributed by atoms with E-state index in [-0.39, 0.29) is 29.8 Å². The van der Waals surface area contributed by atoms with Gasteiger partial charge in [0.05, 0.1) is 23.9 Å². The summed E-state index contributed by atoms with van der Waals surface area (Å²) in [6, 6.07) is 16.2. The van der Waals surface area contributed by atoms with E-state index in [0.29, 0.717) is 42.8 Å². The maximum Gasteiger partial charge on any atom is 0.262 e. The normalized spacial score (nSPS) is 19.5. The molecule has 0 radical (unpaired) electrons. The van der Waals surface area contributed by atoms with Crippen molar-refractivity contribution < 1.29 is 9.90 Å². The Bertz CT molecular complexity index is 2210. The molecule has 6 aromatic rings. The van der Waals surface area contributed by atoms with Gasteiger partial charge in [0.25, 0.3) is 5.56 Å². The number of carbonyl (C=O) groups is 1. The lowest BCUT2D eigenvalue weighted by atomic mass is 9.79. The average Bonchev–Trinajstić information content (AvgIpc) is 3.91. The van der Waals surface area contributed by atoms with Gasteiger partial charge in [-0.05, 0) is 56.5 Å². The molecule has 51 heavy (non-hydrogen) atoms. The van der Waals surface area contributed by atoms with E-state index in [4.69, 9.17) is 0 Å². The van der Waals surface area contributed by atoms with Crippen molar-refractivity contribution >= 4 is 28.3 Å². The molecule has 2 aliphatic rings. The summed E-state index contributed by atoms with van der Waals surface area (Å²) < 4.78 is 5.12. The Labute approximate surface area is 299 Å². The summed E-state index contributed by atoms with van der Waals surface area (Å²) in [5.74, 6) is 0.728. The Balaban J connectivity index is 0.928. The van der Waals surface area contributed by atoms with Crippen molar-refractivity contribution in [1.82, 2.24) is 43.4 Å². The van der Waals surface area contributed by atoms with Gasteiger partial charge in [0.1, 0.15) is 11.3 Å². The third-order valence-corrected chi connectivity index (χ3v) is 11.4. The van der Waals surface area contributed by atoms with Crippen LogP contribution >= 0.6 is 11.3 Å². The van der Waals surface area contributed by atoms with E-state index in [1.807, 2.05) is 66.3 Å². The van der Waals surface area contributed by atoms with Crippen molar-refractivity contribution in [3.8, 4) is 16.4 Å². The van der Waals surface area contributed by atoms with Crippen molar-refractivity contribution in [1.29, 1.82) is 0 Å². The van der Waals surface area contributed by atoms with Gasteiger partial charge in [-0.2, -0.15) is 0 Å². The van der Waals surface area contributed by atoms with Gasteiger partial charge < -0.3 is 14.6 Å². The predicted molar refractivity (Wildman–Crippen MR) is 196 cm³/mol. The average molecular weight is 704 g/mol. The highest BCUT2D eigenvalue weighted by Gasteiger charge is 2.41. The van der Waals surface area contributed by atoms with Gasteiger partial charge in [0.2, 0.25) is 5.91 Å². The highest BCUT2D eigenvalue weighted by atomic mass is 32.1. The number of hydrogen-bond donors (Lipinski definition) is 1. The first-order chi connectivity index (χ1) is 24.7. The van der Waals surface area contributed by atoms with Crippen molar-refractivity contribution in [3.63, 3.8) is 0 Å². The largest absolute Gasteiger partial charge is 0.388 e. The lowest BCUT2D eigenvalue weighted by Crippen LogP contribution is -2.53. The quantitative estimate of drug-likeness (QED) is 0.247. The number of aromatic nitrogens is 7. The van der Waals surface area contributed by atoms with Gasteiger partial charge in [-0.3, -0.25) is 28.6 Å². The lowest BCUT2D eigenvalue weighted by Gasteiger charge is -2.43. The number of likely N-dealkylation sites (tertiary alicyclic amines) is 2. The van der Waals surface area contributed by atoms with Crippen LogP contribution in [0.3, 0.4) is 0 Å². The number of amides is 1. The Kier molecular flexibility index (Phi) is 8.86. The van der Waals surface area contributed by atoms with Crippen LogP contribution in [0.25, 0.3) is 27.4 Å². The summed E-state index contributed by atoms with van der Waals surface area (Å²) in [6.07, 6.45) is 12.2. The molecule has 2 atom stereocenters. The van der Waals surface area contributed by atoms with Crippen LogP contribution in [0.5, 0.6) is 0 Å². The van der Waals surface area contributed by atoms with Gasteiger partial charge in [-0.25, -0.2) is 15.0 Å². The second-order valence-electron chi connectivity index (χ2n) is 14.0. The molecule has 12 nitrogen and oxygen atoms in total. The van der Waals surface area contributed by atoms with Crippen LogP contribution in [0, 0.1) is 12.8 Å². The van der Waals surface area contributed by atoms with E-state index in [0.717, 1.165) is 42.3 Å². The number of thiazole rings is 1. The minimum atomic E-state index is -1.12. The van der Waals surface area contributed by atoms with Crippen LogP contribution in [0.2, 0.25) is 0 Å². The molecule has 0 saturated carbocycles. The number of hydrogen-bond acceptors (Lipinski definition) is 9. The molecule has 2 aliphatic heterocycles. The number of aliphatic hydroxyl groups is 1. The Morgan fingerprint density at radius 1 is 0.980 bits per heavy atom. The number of carbonyl (C=O) groups excluding carboxylic acids is 1. The van der Waals surface area contributed by atoms with E-state index in [9.17, 15) is 14.7 Å². The number of pyridine rings is 1. The first kappa shape index (κ1) is 33.2. The summed E-state index contributed by atoms with van der Waals surface area (Å²) in [6.45, 7) is 5.36. The van der Waals surface area contributed by atoms with Gasteiger partial charge in [0, 0.05) is 86.0 Å². The van der Waals surface area contributed by atoms with Gasteiger partial charge in [-0.1, -0.05) is 30.3 Å². The van der Waals surface area contributed by atoms with Crippen LogP contribution in [-0.4, -0.2) is 86.2 Å². The maximum absolute atomic E-state index is 14.2. The number of aryl methyl sites for hydroxylation is 2. The fourth-order valence-electron chi connectivity index (χ4n) is 7.55. The Hall–Kier alpha value is -4.98. The monoisotopic (exact) mass is 703 g/mol. The number of nitrogens with zero attached hydrogens (tertiary/aromatic N) is 9. The number of piperidine rings is 2. The van der Waals surface area contributed by atoms with E-state index >= 15 is 0 Å². The second kappa shape index (κ2) is 13.6. The van der Waals surface area contributed by atoms with Crippen molar-refractivity contribution in [3.05, 3.63) is 112 Å². The van der Waals surface area contributed by atoms with E-state index in [2.05, 4.69) is 43.0 Å². The molecule has 0 aliphatic carbocycles. The number of rotatable bonds is 8. The molecule has 262 valence electrons. The van der Waals surface area contributed by atoms with Crippen molar-refractivity contribution in [2.24, 2.45) is 13.0 Å². The molecule has 1 aromatic carbocycles. The SMILES string of the molecule is Cc1ccc(-c2ncc(CN3CC[C@@H](C(=O)N4CCC(O)(Cn5cnc6c(ccn6-c6cn(C)cn6)c5=O)CC4)[C@H](c4ccccc4)C3)s2)cn1. The number of benzene rings is 1. The first-order valence-electron chi connectivity index (χ1n) is 17.4. The molecule has 2 fully saturated rings. The fraction of sp³-hybridized carbons (Fsp3) is 0.368. The molecule has 8 rings (SSSR count). The molecular weight excluding hydrogens is 663 g/mol. The lowest BCUT2D eigenvalue weighted by molar-refractivity contribution is -0.142. The first-order valence-corrected chi connectivity index (χ1v) is 18.3. The minimum absolute atomic E-state index is 0.0525. The molecule has 7 heterocycles. The molecule has 0 unspecified atom stereocenters. The van der Waals surface area contributed by atoms with Crippen molar-refractivity contribution in [2.45, 2.75) is 50.8 Å². The van der Waals surface area contributed by atoms with Gasteiger partial charge >= 0.3 is 0 Å². The highest BCUT2D eigenvalue weighted by molar-refractivity contribution is 7.15. The third kappa shape index (κ3) is 6.76. The van der Waals surface area contributed by atoms with Crippen LogP contribution in [0.1, 0.15) is 41.3 Å². The molecular formula is C38H41N9O3S. The van der Waals surface area contributed by atoms with Crippen LogP contribution in [0.15, 0.2) is 90.8 Å². The molecule has 1 amide bonds. The topological polar surface area (TPSA) is 127 Å². The highest BCUT2D eigenvalue weighted by Crippen LogP contribution is 2.37. The molecule has 2 saturated heterocycles. The Morgan fingerprint density at radius 2 is 1.80 bits per heavy atom. The zero-order chi connectivity index (χ0) is 35.1. The summed E-state index contributed by atoms with van der Waals surface area (Å²) >= 11 is 1.69. The molecule has 13 heteroatoms.